The summed E-state index contributed by atoms with van der Waals surface area (Å²) in [5.74, 6) is -2.44. The Bertz CT molecular complexity index is 4570. The molecule has 8 N–H and O–H groups in total. The minimum absolute atomic E-state index is 0.00391. The summed E-state index contributed by atoms with van der Waals surface area (Å²) in [6.07, 6.45) is 18.2. The highest BCUT2D eigenvalue weighted by Crippen LogP contribution is 2.52. The highest BCUT2D eigenvalue weighted by atomic mass is 32.2. The van der Waals surface area contributed by atoms with Crippen molar-refractivity contribution in [2.24, 2.45) is 0 Å². The van der Waals surface area contributed by atoms with Crippen molar-refractivity contribution in [1.82, 2.24) is 41.5 Å². The zero-order valence-corrected chi connectivity index (χ0v) is 58.6. The molecule has 0 saturated heterocycles. The van der Waals surface area contributed by atoms with Gasteiger partial charge in [0.05, 0.1) is 42.2 Å². The van der Waals surface area contributed by atoms with Crippen LogP contribution >= 0.6 is 0 Å². The first-order valence-electron chi connectivity index (χ1n) is 33.8. The first-order chi connectivity index (χ1) is 47.4. The number of aromatic amines is 2. The molecule has 2 aliphatic rings. The molecule has 2 aromatic heterocycles. The molecule has 21 nitrogen and oxygen atoms in total. The van der Waals surface area contributed by atoms with Gasteiger partial charge in [-0.25, -0.2) is 13.4 Å². The van der Waals surface area contributed by atoms with Crippen molar-refractivity contribution in [2.75, 3.05) is 58.0 Å². The van der Waals surface area contributed by atoms with Crippen LogP contribution in [0.5, 0.6) is 5.75 Å². The molecule has 3 atom stereocenters. The van der Waals surface area contributed by atoms with Crippen molar-refractivity contribution in [1.29, 1.82) is 0 Å². The van der Waals surface area contributed by atoms with Gasteiger partial charge in [0.1, 0.15) is 47.1 Å². The summed E-state index contributed by atoms with van der Waals surface area (Å²) in [4.78, 5) is 80.7. The van der Waals surface area contributed by atoms with Crippen molar-refractivity contribution < 1.29 is 56.1 Å². The average molecular weight is 1360 g/mol. The number of carbonyl (C=O) groups is 5. The largest absolute Gasteiger partial charge is 0.744 e. The number of amides is 5. The van der Waals surface area contributed by atoms with Crippen LogP contribution in [0.1, 0.15) is 105 Å². The topological polar surface area (TPSA) is 292 Å². The smallest absolute Gasteiger partial charge is 0.246 e. The summed E-state index contributed by atoms with van der Waals surface area (Å²) in [7, 11) is -3.23. The number of anilines is 1. The molecule has 520 valence electrons. The Labute approximate surface area is 578 Å². The molecule has 8 aromatic rings. The molecule has 0 fully saturated rings. The van der Waals surface area contributed by atoms with Crippen LogP contribution in [0.25, 0.3) is 32.4 Å². The van der Waals surface area contributed by atoms with Crippen LogP contribution < -0.4 is 31.5 Å². The maximum absolute atomic E-state index is 14.2. The average Bonchev–Trinajstić information content (AvgIpc) is 1.60. The molecule has 0 aliphatic carbocycles. The highest BCUT2D eigenvalue weighted by Gasteiger charge is 2.46. The van der Waals surface area contributed by atoms with Gasteiger partial charge in [0.2, 0.25) is 35.2 Å². The van der Waals surface area contributed by atoms with Gasteiger partial charge >= 0.3 is 0 Å². The van der Waals surface area contributed by atoms with Crippen LogP contribution in [0, 0.1) is 20.8 Å². The number of carbonyl (C=O) groups excluding carboxylic acids is 5. The Morgan fingerprint density at radius 3 is 2.12 bits per heavy atom. The van der Waals surface area contributed by atoms with Gasteiger partial charge in [-0.1, -0.05) is 98.7 Å². The Kier molecular flexibility index (Phi) is 22.9. The molecule has 5 amide bonds. The maximum atomic E-state index is 14.2. The number of allylic oxidation sites excluding steroid dienone is 6. The minimum atomic E-state index is -4.70. The number of unbranched alkanes of at least 4 members (excludes halogenated alkanes) is 2. The molecule has 0 radical (unpaired) electrons. The number of imidazole rings is 1. The molecule has 2 aliphatic heterocycles. The number of nitrogens with one attached hydrogen (secondary N) is 7. The number of para-hydroxylation sites is 1. The van der Waals surface area contributed by atoms with Crippen molar-refractivity contribution in [3.05, 3.63) is 196 Å². The lowest BCUT2D eigenvalue weighted by Crippen LogP contribution is -2.58. The van der Waals surface area contributed by atoms with E-state index in [1.807, 2.05) is 43.3 Å². The van der Waals surface area contributed by atoms with Crippen molar-refractivity contribution >= 4 is 89.2 Å². The Morgan fingerprint density at radius 1 is 0.707 bits per heavy atom. The lowest BCUT2D eigenvalue weighted by Gasteiger charge is -2.27. The summed E-state index contributed by atoms with van der Waals surface area (Å²) in [6.45, 7) is 18.8. The number of likely N-dealkylation sites (N-methyl/N-ethyl adjacent to an activating group) is 1. The molecular weight excluding hydrogens is 1270 g/mol. The number of aryl methyl sites for hydroxylation is 3. The SMILES string of the molecule is CC[N+]1=C(/C=C/C=C/C=C2/N(CCCCCC(=O)NCCOCCOCC(=O)N[C@@H](Cc3ccc(O)cc3)C(=O)N[C@@H](Cc3c[nH]cn3)C(=O)N[C@@H](Cc3c[nH]c4ccccc34)C(=O)NC)c3ccc4c(C)cc(C)cc4c3C2(C)C)C(C)(C)c2c1ccc1c(S(=O)(=O)[O-])cc(C)cc21. The van der Waals surface area contributed by atoms with E-state index in [9.17, 15) is 42.0 Å². The number of hydrogen-bond donors (Lipinski definition) is 8. The molecule has 99 heavy (non-hydrogen) atoms. The number of phenolic OH excluding ortho intramolecular Hbond substituents is 1. The molecule has 4 heterocycles. The van der Waals surface area contributed by atoms with Gasteiger partial charge in [-0.15, -0.1) is 0 Å². The third kappa shape index (κ3) is 16.7. The second-order valence-corrected chi connectivity index (χ2v) is 28.0. The Morgan fingerprint density at radius 2 is 1.40 bits per heavy atom. The lowest BCUT2D eigenvalue weighted by molar-refractivity contribution is -0.433. The molecule has 22 heteroatoms. The molecule has 10 rings (SSSR count). The predicted octanol–water partition coefficient (Wildman–Crippen LogP) is 9.56. The molecule has 0 saturated carbocycles. The third-order valence-corrected chi connectivity index (χ3v) is 19.6. The number of ether oxygens (including phenoxy) is 2. The number of phenols is 1. The van der Waals surface area contributed by atoms with E-state index in [2.05, 4.69) is 154 Å². The molecule has 0 bridgehead atoms. The summed E-state index contributed by atoms with van der Waals surface area (Å²) in [6, 6.07) is 26.5. The van der Waals surface area contributed by atoms with Gasteiger partial charge in [-0.2, -0.15) is 4.58 Å². The monoisotopic (exact) mass is 1360 g/mol. The van der Waals surface area contributed by atoms with Gasteiger partial charge in [0.25, 0.3) is 0 Å². The molecule has 6 aromatic carbocycles. The molecule has 0 unspecified atom stereocenters. The fourth-order valence-electron chi connectivity index (χ4n) is 14.1. The lowest BCUT2D eigenvalue weighted by atomic mass is 9.78. The van der Waals surface area contributed by atoms with Gasteiger partial charge in [0, 0.05) is 104 Å². The number of H-pyrrole nitrogens is 2. The van der Waals surface area contributed by atoms with E-state index in [0.29, 0.717) is 41.6 Å². The summed E-state index contributed by atoms with van der Waals surface area (Å²) < 4.78 is 50.9. The van der Waals surface area contributed by atoms with Crippen LogP contribution in [0.2, 0.25) is 0 Å². The fraction of sp³-hybridized carbons (Fsp3) is 0.364. The van der Waals surface area contributed by atoms with Crippen LogP contribution in [-0.2, 0) is 73.7 Å². The minimum Gasteiger partial charge on any atom is -0.744 e. The maximum Gasteiger partial charge on any atom is 0.246 e. The number of hydrogen-bond acceptors (Lipinski definition) is 13. The number of benzene rings is 6. The van der Waals surface area contributed by atoms with E-state index >= 15 is 0 Å². The van der Waals surface area contributed by atoms with E-state index in [1.165, 1.54) is 70.4 Å². The van der Waals surface area contributed by atoms with Crippen LogP contribution in [0.4, 0.5) is 11.4 Å². The van der Waals surface area contributed by atoms with Crippen LogP contribution in [-0.4, -0.2) is 144 Å². The zero-order valence-electron chi connectivity index (χ0n) is 57.8. The third-order valence-electron chi connectivity index (χ3n) is 18.8. The van der Waals surface area contributed by atoms with Gasteiger partial charge in [-0.05, 0) is 146 Å². The van der Waals surface area contributed by atoms with Crippen molar-refractivity contribution in [3.8, 4) is 5.75 Å². The van der Waals surface area contributed by atoms with E-state index in [-0.39, 0.29) is 67.6 Å². The standard InChI is InChI=1S/C77H90N10O11S/c1-10-86-64-31-29-57-59(39-49(3)40-66(57)99(94,95)96)72(64)76(5,6)67(86)21-13-11-14-22-68-77(7,8)71-58-38-48(2)37-50(4)55(58)28-30-65(71)87(68)33-18-12-15-23-69(89)80-32-34-97-35-36-98-46-70(90)83-61(41-51-24-26-54(88)27-25-51)74(92)85-63(43-53-45-79-47-82-53)75(93)84-62(73(91)78-9)42-52-44-81-60-20-17-16-19-56(52)60/h11,13-14,16-17,19-22,24-31,37-40,44-45,47,61-63,81H,10,12,15,18,23,32-36,41-43,46H2,1-9H3,(H7-,78,79,80,82,83,84,85,88,89,90,91,92,93,94,95,96)/t61-,62-,63-/m0/s1. The van der Waals surface area contributed by atoms with E-state index in [1.54, 1.807) is 30.6 Å². The van der Waals surface area contributed by atoms with E-state index < -0.39 is 63.9 Å². The van der Waals surface area contributed by atoms with Gasteiger partial charge in [-0.3, -0.25) is 24.0 Å². The zero-order chi connectivity index (χ0) is 70.8. The normalized spacial score (nSPS) is 15.5. The van der Waals surface area contributed by atoms with E-state index in [4.69, 9.17) is 9.47 Å². The molecule has 0 spiro atoms. The summed E-state index contributed by atoms with van der Waals surface area (Å²) >= 11 is 0. The first kappa shape index (κ1) is 72.0. The number of nitrogens with zero attached hydrogens (tertiary/aromatic N) is 3. The second-order valence-electron chi connectivity index (χ2n) is 26.6. The van der Waals surface area contributed by atoms with Crippen molar-refractivity contribution in [3.63, 3.8) is 0 Å². The number of rotatable bonds is 31. The number of aromatic hydroxyl groups is 1. The van der Waals surface area contributed by atoms with Gasteiger partial charge < -0.3 is 60.6 Å². The Hall–Kier alpha value is -9.74. The predicted molar refractivity (Wildman–Crippen MR) is 384 cm³/mol. The van der Waals surface area contributed by atoms with Crippen molar-refractivity contribution in [2.45, 2.75) is 134 Å². The Balaban J connectivity index is 0.695. The number of aromatic nitrogens is 3. The number of fused-ring (bicyclic) bond motifs is 7. The summed E-state index contributed by atoms with van der Waals surface area (Å²) in [5, 5.41) is 28.5. The van der Waals surface area contributed by atoms with Gasteiger partial charge in [0.15, 0.2) is 5.71 Å². The second kappa shape index (κ2) is 31.4. The summed E-state index contributed by atoms with van der Waals surface area (Å²) in [5.41, 5.74) is 11.7. The van der Waals surface area contributed by atoms with E-state index in [0.717, 1.165) is 58.2 Å². The fourth-order valence-corrected chi connectivity index (χ4v) is 14.8. The molecular formula is C77H90N10O11S. The quantitative estimate of drug-likeness (QED) is 0.00870. The van der Waals surface area contributed by atoms with Crippen LogP contribution in [0.3, 0.4) is 0 Å². The van der Waals surface area contributed by atoms with Crippen LogP contribution in [0.15, 0.2) is 157 Å². The highest BCUT2D eigenvalue weighted by molar-refractivity contribution is 7.86. The first-order valence-corrected chi connectivity index (χ1v) is 35.2.